The third kappa shape index (κ3) is 4.02. The maximum absolute atomic E-state index is 14.2. The fraction of sp³-hybridized carbons (Fsp3) is 0.286. The first kappa shape index (κ1) is 22.4. The molecule has 1 aromatic carbocycles. The van der Waals surface area contributed by atoms with Crippen molar-refractivity contribution in [3.8, 4) is 0 Å². The molecule has 1 atom stereocenters. The van der Waals surface area contributed by atoms with Gasteiger partial charge in [0.1, 0.15) is 11.5 Å². The Morgan fingerprint density at radius 1 is 1.22 bits per heavy atom. The van der Waals surface area contributed by atoms with Crippen molar-refractivity contribution in [3.05, 3.63) is 75.5 Å². The number of carbonyl (C=O) groups excluding carboxylic acids is 1. The van der Waals surface area contributed by atoms with E-state index in [1.807, 2.05) is 0 Å². The smallest absolute Gasteiger partial charge is 0.372 e. The average Bonchev–Trinajstić information content (AvgIpc) is 3.35. The Bertz CT molecular complexity index is 1100. The Hall–Kier alpha value is -2.78. The number of carbonyl (C=O) groups is 1. The molecule has 0 bridgehead atoms. The summed E-state index contributed by atoms with van der Waals surface area (Å²) in [7, 11) is 0. The van der Waals surface area contributed by atoms with Crippen LogP contribution in [0.5, 0.6) is 0 Å². The standard InChI is InChI=1S/C21H17Cl2F3N4O2/c1-2-3-27-19(31)17-4-12-10-30(11-13(12)9-28-17)18-8-20(32-29-18,21(24,25)26)14-5-15(22)7-16(23)6-14/h2,4-7,9H,1,3,8,10-11H2,(H,27,31). The number of hydrogen-bond donors (Lipinski definition) is 1. The normalized spacial score (nSPS) is 19.9. The van der Waals surface area contributed by atoms with Crippen molar-refractivity contribution in [1.29, 1.82) is 0 Å². The number of fused-ring (bicyclic) bond motifs is 1. The summed E-state index contributed by atoms with van der Waals surface area (Å²) in [6.45, 7) is 4.40. The van der Waals surface area contributed by atoms with Gasteiger partial charge in [-0.05, 0) is 35.4 Å². The number of halogens is 5. The highest BCUT2D eigenvalue weighted by molar-refractivity contribution is 6.34. The Morgan fingerprint density at radius 2 is 1.91 bits per heavy atom. The van der Waals surface area contributed by atoms with E-state index in [2.05, 4.69) is 22.0 Å². The van der Waals surface area contributed by atoms with E-state index in [0.717, 1.165) is 11.1 Å². The molecule has 0 aliphatic carbocycles. The summed E-state index contributed by atoms with van der Waals surface area (Å²) in [6.07, 6.45) is -2.22. The van der Waals surface area contributed by atoms with Gasteiger partial charge in [-0.25, -0.2) is 0 Å². The van der Waals surface area contributed by atoms with E-state index >= 15 is 0 Å². The predicted octanol–water partition coefficient (Wildman–Crippen LogP) is 4.81. The van der Waals surface area contributed by atoms with Crippen LogP contribution in [0.3, 0.4) is 0 Å². The van der Waals surface area contributed by atoms with Crippen LogP contribution in [0.25, 0.3) is 0 Å². The number of amidine groups is 1. The van der Waals surface area contributed by atoms with Gasteiger partial charge in [0.2, 0.25) is 0 Å². The molecule has 0 saturated carbocycles. The summed E-state index contributed by atoms with van der Waals surface area (Å²) in [5, 5.41) is 6.55. The van der Waals surface area contributed by atoms with Gasteiger partial charge in [-0.1, -0.05) is 34.4 Å². The van der Waals surface area contributed by atoms with Gasteiger partial charge < -0.3 is 15.1 Å². The molecule has 3 heterocycles. The lowest BCUT2D eigenvalue weighted by Gasteiger charge is -2.30. The molecule has 2 aliphatic heterocycles. The Morgan fingerprint density at radius 3 is 2.56 bits per heavy atom. The van der Waals surface area contributed by atoms with Crippen LogP contribution in [0, 0.1) is 0 Å². The van der Waals surface area contributed by atoms with Crippen LogP contribution in [0.4, 0.5) is 13.2 Å². The Balaban J connectivity index is 1.56. The van der Waals surface area contributed by atoms with Crippen molar-refractivity contribution < 1.29 is 22.8 Å². The van der Waals surface area contributed by atoms with Crippen molar-refractivity contribution in [3.63, 3.8) is 0 Å². The third-order valence-corrected chi connectivity index (χ3v) is 5.75. The van der Waals surface area contributed by atoms with Gasteiger partial charge in [-0.2, -0.15) is 13.2 Å². The van der Waals surface area contributed by atoms with Crippen LogP contribution < -0.4 is 5.32 Å². The number of nitrogens with one attached hydrogen (secondary N) is 1. The molecule has 2 aromatic rings. The number of alkyl halides is 3. The number of amides is 1. The second kappa shape index (κ2) is 8.29. The zero-order chi connectivity index (χ0) is 23.1. The lowest BCUT2D eigenvalue weighted by Crippen LogP contribution is -2.43. The molecule has 32 heavy (non-hydrogen) atoms. The van der Waals surface area contributed by atoms with Crippen molar-refractivity contribution in [2.24, 2.45) is 5.16 Å². The van der Waals surface area contributed by atoms with Crippen LogP contribution in [-0.4, -0.2) is 34.3 Å². The molecule has 1 N–H and O–H groups in total. The molecule has 4 rings (SSSR count). The molecule has 1 amide bonds. The van der Waals surface area contributed by atoms with Crippen LogP contribution >= 0.6 is 23.2 Å². The van der Waals surface area contributed by atoms with E-state index in [1.54, 1.807) is 23.2 Å². The maximum atomic E-state index is 14.2. The van der Waals surface area contributed by atoms with Crippen molar-refractivity contribution in [2.75, 3.05) is 6.54 Å². The van der Waals surface area contributed by atoms with Gasteiger partial charge in [0, 0.05) is 41.4 Å². The molecule has 1 unspecified atom stereocenters. The number of pyridine rings is 1. The minimum atomic E-state index is -4.77. The molecule has 2 aliphatic rings. The lowest BCUT2D eigenvalue weighted by molar-refractivity contribution is -0.275. The molecular weight excluding hydrogens is 468 g/mol. The molecule has 0 radical (unpaired) electrons. The van der Waals surface area contributed by atoms with E-state index in [9.17, 15) is 18.0 Å². The zero-order valence-electron chi connectivity index (χ0n) is 16.5. The topological polar surface area (TPSA) is 66.8 Å². The average molecular weight is 485 g/mol. The van der Waals surface area contributed by atoms with Crippen molar-refractivity contribution >= 4 is 34.9 Å². The third-order valence-electron chi connectivity index (χ3n) is 5.31. The second-order valence-corrected chi connectivity index (χ2v) is 8.32. The number of rotatable bonds is 4. The minimum absolute atomic E-state index is 0.0649. The first-order chi connectivity index (χ1) is 15.1. The van der Waals surface area contributed by atoms with Gasteiger partial charge in [-0.15, -0.1) is 6.58 Å². The Kier molecular flexibility index (Phi) is 5.81. The van der Waals surface area contributed by atoms with Gasteiger partial charge in [-0.3, -0.25) is 9.78 Å². The second-order valence-electron chi connectivity index (χ2n) is 7.45. The number of oxime groups is 1. The molecule has 0 saturated heterocycles. The molecular formula is C21H17Cl2F3N4O2. The fourth-order valence-electron chi connectivity index (χ4n) is 3.69. The largest absolute Gasteiger partial charge is 0.435 e. The molecule has 1 aromatic heterocycles. The zero-order valence-corrected chi connectivity index (χ0v) is 18.1. The summed E-state index contributed by atoms with van der Waals surface area (Å²) in [6, 6.07) is 5.32. The first-order valence-corrected chi connectivity index (χ1v) is 10.3. The summed E-state index contributed by atoms with van der Waals surface area (Å²) in [5.74, 6) is -0.228. The van der Waals surface area contributed by atoms with E-state index in [1.165, 1.54) is 18.2 Å². The lowest BCUT2D eigenvalue weighted by atomic mass is 9.89. The molecule has 0 spiro atoms. The predicted molar refractivity (Wildman–Crippen MR) is 113 cm³/mol. The van der Waals surface area contributed by atoms with Crippen LogP contribution in [0.15, 0.2) is 48.3 Å². The minimum Gasteiger partial charge on any atom is -0.372 e. The van der Waals surface area contributed by atoms with Crippen LogP contribution in [0.1, 0.15) is 33.6 Å². The highest BCUT2D eigenvalue weighted by Gasteiger charge is 2.63. The van der Waals surface area contributed by atoms with Crippen LogP contribution in [-0.2, 0) is 23.5 Å². The van der Waals surface area contributed by atoms with Gasteiger partial charge in [0.15, 0.2) is 0 Å². The van der Waals surface area contributed by atoms with Gasteiger partial charge in [0.25, 0.3) is 11.5 Å². The highest BCUT2D eigenvalue weighted by Crippen LogP contribution is 2.49. The monoisotopic (exact) mass is 484 g/mol. The number of aromatic nitrogens is 1. The van der Waals surface area contributed by atoms with Crippen molar-refractivity contribution in [1.82, 2.24) is 15.2 Å². The first-order valence-electron chi connectivity index (χ1n) is 9.53. The SMILES string of the molecule is C=CCNC(=O)c1cc2c(cn1)CN(C1=NOC(c3cc(Cl)cc(Cl)c3)(C(F)(F)F)C1)C2. The summed E-state index contributed by atoms with van der Waals surface area (Å²) >= 11 is 11.9. The number of benzene rings is 1. The van der Waals surface area contributed by atoms with Gasteiger partial charge >= 0.3 is 6.18 Å². The maximum Gasteiger partial charge on any atom is 0.435 e. The molecule has 11 heteroatoms. The highest BCUT2D eigenvalue weighted by atomic mass is 35.5. The number of hydrogen-bond acceptors (Lipinski definition) is 5. The molecule has 0 fully saturated rings. The molecule has 168 valence electrons. The summed E-state index contributed by atoms with van der Waals surface area (Å²) in [5.41, 5.74) is -1.12. The molecule has 6 nitrogen and oxygen atoms in total. The van der Waals surface area contributed by atoms with E-state index in [-0.39, 0.29) is 39.6 Å². The van der Waals surface area contributed by atoms with Gasteiger partial charge in [0.05, 0.1) is 6.42 Å². The summed E-state index contributed by atoms with van der Waals surface area (Å²) < 4.78 is 42.5. The Labute approximate surface area is 191 Å². The van der Waals surface area contributed by atoms with E-state index in [0.29, 0.717) is 13.1 Å². The fourth-order valence-corrected chi connectivity index (χ4v) is 4.21. The summed E-state index contributed by atoms with van der Waals surface area (Å²) in [4.78, 5) is 23.0. The quantitative estimate of drug-likeness (QED) is 0.632. The van der Waals surface area contributed by atoms with E-state index < -0.39 is 18.2 Å². The van der Waals surface area contributed by atoms with Crippen LogP contribution in [0.2, 0.25) is 10.0 Å². The van der Waals surface area contributed by atoms with E-state index in [4.69, 9.17) is 28.0 Å². The number of nitrogens with zero attached hydrogens (tertiary/aromatic N) is 3. The van der Waals surface area contributed by atoms with Crippen molar-refractivity contribution in [2.45, 2.75) is 31.3 Å².